The van der Waals surface area contributed by atoms with Crippen LogP contribution >= 0.6 is 0 Å². The predicted octanol–water partition coefficient (Wildman–Crippen LogP) is 1.34. The summed E-state index contributed by atoms with van der Waals surface area (Å²) in [5.41, 5.74) is 6.26. The van der Waals surface area contributed by atoms with Gasteiger partial charge in [-0.25, -0.2) is 0 Å². The Bertz CT molecular complexity index is 370. The van der Waals surface area contributed by atoms with Gasteiger partial charge in [-0.3, -0.25) is 0 Å². The second-order valence-corrected chi connectivity index (χ2v) is 4.12. The number of benzene rings is 1. The Morgan fingerprint density at radius 2 is 1.61 bits per heavy atom. The van der Waals surface area contributed by atoms with Gasteiger partial charge in [-0.1, -0.05) is 6.92 Å². The van der Waals surface area contributed by atoms with Crippen LogP contribution in [0, 0.1) is 5.92 Å². The molecule has 0 aliphatic heterocycles. The van der Waals surface area contributed by atoms with E-state index in [2.05, 4.69) is 0 Å². The molecule has 1 aromatic rings. The number of aliphatic hydroxyl groups is 1. The number of ether oxygens (including phenoxy) is 3. The lowest BCUT2D eigenvalue weighted by Crippen LogP contribution is -2.19. The van der Waals surface area contributed by atoms with Crippen LogP contribution in [0.4, 0.5) is 0 Å². The first-order valence-corrected chi connectivity index (χ1v) is 5.77. The maximum absolute atomic E-state index is 10.2. The lowest BCUT2D eigenvalue weighted by molar-refractivity contribution is 0.121. The number of hydrogen-bond acceptors (Lipinski definition) is 5. The third kappa shape index (κ3) is 2.86. The Hall–Kier alpha value is -1.46. The Morgan fingerprint density at radius 1 is 1.11 bits per heavy atom. The van der Waals surface area contributed by atoms with E-state index < -0.39 is 6.10 Å². The summed E-state index contributed by atoms with van der Waals surface area (Å²) >= 11 is 0. The van der Waals surface area contributed by atoms with Crippen LogP contribution in [0.15, 0.2) is 12.1 Å². The van der Waals surface area contributed by atoms with Crippen molar-refractivity contribution < 1.29 is 19.3 Å². The molecule has 0 saturated carbocycles. The van der Waals surface area contributed by atoms with Crippen LogP contribution in [-0.2, 0) is 0 Å². The van der Waals surface area contributed by atoms with Gasteiger partial charge in [0.25, 0.3) is 0 Å². The Morgan fingerprint density at radius 3 is 1.94 bits per heavy atom. The summed E-state index contributed by atoms with van der Waals surface area (Å²) < 4.78 is 15.7. The van der Waals surface area contributed by atoms with Crippen molar-refractivity contribution in [2.45, 2.75) is 13.0 Å². The average molecular weight is 255 g/mol. The van der Waals surface area contributed by atoms with Crippen LogP contribution in [0.3, 0.4) is 0 Å². The van der Waals surface area contributed by atoms with Crippen molar-refractivity contribution in [3.05, 3.63) is 17.7 Å². The smallest absolute Gasteiger partial charge is 0.203 e. The second kappa shape index (κ2) is 6.47. The SMILES string of the molecule is COc1cc(C(O)C(C)CN)cc(OC)c1OC. The molecule has 1 rings (SSSR count). The highest BCUT2D eigenvalue weighted by Crippen LogP contribution is 2.40. The van der Waals surface area contributed by atoms with Gasteiger partial charge in [0.05, 0.1) is 27.4 Å². The fraction of sp³-hybridized carbons (Fsp3) is 0.538. The van der Waals surface area contributed by atoms with Gasteiger partial charge in [0, 0.05) is 0 Å². The first-order valence-electron chi connectivity index (χ1n) is 5.77. The van der Waals surface area contributed by atoms with Gasteiger partial charge in [0.1, 0.15) is 0 Å². The van der Waals surface area contributed by atoms with E-state index in [1.165, 1.54) is 0 Å². The molecule has 0 spiro atoms. The molecule has 0 amide bonds. The van der Waals surface area contributed by atoms with E-state index in [0.717, 1.165) is 0 Å². The molecule has 5 heteroatoms. The zero-order chi connectivity index (χ0) is 13.7. The highest BCUT2D eigenvalue weighted by atomic mass is 16.5. The van der Waals surface area contributed by atoms with Crippen molar-refractivity contribution in [2.75, 3.05) is 27.9 Å². The van der Waals surface area contributed by atoms with Gasteiger partial charge in [-0.05, 0) is 30.2 Å². The van der Waals surface area contributed by atoms with Crippen LogP contribution in [0.5, 0.6) is 17.2 Å². The molecule has 2 atom stereocenters. The maximum Gasteiger partial charge on any atom is 0.203 e. The molecule has 0 aromatic heterocycles. The summed E-state index contributed by atoms with van der Waals surface area (Å²) in [5, 5.41) is 10.2. The summed E-state index contributed by atoms with van der Waals surface area (Å²) in [6.07, 6.45) is -0.663. The largest absolute Gasteiger partial charge is 0.493 e. The number of nitrogens with two attached hydrogens (primary N) is 1. The Kier molecular flexibility index (Phi) is 5.25. The van der Waals surface area contributed by atoms with Gasteiger partial charge in [0.2, 0.25) is 5.75 Å². The van der Waals surface area contributed by atoms with Crippen LogP contribution in [0.1, 0.15) is 18.6 Å². The standard InChI is InChI=1S/C13H21NO4/c1-8(7-14)12(15)9-5-10(16-2)13(18-4)11(6-9)17-3/h5-6,8,12,15H,7,14H2,1-4H3. The van der Waals surface area contributed by atoms with Gasteiger partial charge < -0.3 is 25.1 Å². The summed E-state index contributed by atoms with van der Waals surface area (Å²) in [6.45, 7) is 2.28. The van der Waals surface area contributed by atoms with Crippen LogP contribution in [0.2, 0.25) is 0 Å². The molecule has 2 unspecified atom stereocenters. The molecule has 5 nitrogen and oxygen atoms in total. The number of hydrogen-bond donors (Lipinski definition) is 2. The number of methoxy groups -OCH3 is 3. The minimum Gasteiger partial charge on any atom is -0.493 e. The van der Waals surface area contributed by atoms with Gasteiger partial charge >= 0.3 is 0 Å². The van der Waals surface area contributed by atoms with E-state index in [4.69, 9.17) is 19.9 Å². The number of aliphatic hydroxyl groups excluding tert-OH is 1. The van der Waals surface area contributed by atoms with Crippen LogP contribution in [-0.4, -0.2) is 33.0 Å². The van der Waals surface area contributed by atoms with Gasteiger partial charge in [-0.15, -0.1) is 0 Å². The van der Waals surface area contributed by atoms with Crippen LogP contribution < -0.4 is 19.9 Å². The zero-order valence-corrected chi connectivity index (χ0v) is 11.3. The fourth-order valence-electron chi connectivity index (χ4n) is 1.73. The highest BCUT2D eigenvalue weighted by Gasteiger charge is 2.20. The van der Waals surface area contributed by atoms with Gasteiger partial charge in [-0.2, -0.15) is 0 Å². The van der Waals surface area contributed by atoms with Crippen LogP contribution in [0.25, 0.3) is 0 Å². The van der Waals surface area contributed by atoms with E-state index in [9.17, 15) is 5.11 Å². The van der Waals surface area contributed by atoms with Crippen molar-refractivity contribution in [1.82, 2.24) is 0 Å². The normalized spacial score (nSPS) is 13.9. The molecule has 0 aliphatic carbocycles. The molecule has 18 heavy (non-hydrogen) atoms. The zero-order valence-electron chi connectivity index (χ0n) is 11.3. The number of rotatable bonds is 6. The molecule has 102 valence electrons. The third-order valence-electron chi connectivity index (χ3n) is 2.94. The van der Waals surface area contributed by atoms with Crippen molar-refractivity contribution in [3.8, 4) is 17.2 Å². The predicted molar refractivity (Wildman–Crippen MR) is 69.3 cm³/mol. The molecule has 3 N–H and O–H groups in total. The second-order valence-electron chi connectivity index (χ2n) is 4.12. The first-order chi connectivity index (χ1) is 8.58. The average Bonchev–Trinajstić information content (AvgIpc) is 2.43. The molecule has 0 bridgehead atoms. The summed E-state index contributed by atoms with van der Waals surface area (Å²) in [6, 6.07) is 3.47. The maximum atomic E-state index is 10.2. The third-order valence-corrected chi connectivity index (χ3v) is 2.94. The van der Waals surface area contributed by atoms with Gasteiger partial charge in [0.15, 0.2) is 11.5 Å². The van der Waals surface area contributed by atoms with Crippen molar-refractivity contribution in [3.63, 3.8) is 0 Å². The van der Waals surface area contributed by atoms with E-state index in [1.807, 2.05) is 6.92 Å². The first kappa shape index (κ1) is 14.6. The molecular weight excluding hydrogens is 234 g/mol. The molecule has 1 aromatic carbocycles. The fourth-order valence-corrected chi connectivity index (χ4v) is 1.73. The lowest BCUT2D eigenvalue weighted by atomic mass is 9.97. The monoisotopic (exact) mass is 255 g/mol. The molecule has 0 radical (unpaired) electrons. The summed E-state index contributed by atoms with van der Waals surface area (Å²) in [7, 11) is 4.62. The summed E-state index contributed by atoms with van der Waals surface area (Å²) in [4.78, 5) is 0. The van der Waals surface area contributed by atoms with E-state index >= 15 is 0 Å². The molecule has 0 fully saturated rings. The quantitative estimate of drug-likeness (QED) is 0.802. The Balaban J connectivity index is 3.22. The van der Waals surface area contributed by atoms with Crippen molar-refractivity contribution >= 4 is 0 Å². The van der Waals surface area contributed by atoms with E-state index in [1.54, 1.807) is 33.5 Å². The topological polar surface area (TPSA) is 73.9 Å². The van der Waals surface area contributed by atoms with Crippen molar-refractivity contribution in [2.24, 2.45) is 11.7 Å². The molecule has 0 aliphatic rings. The summed E-state index contributed by atoms with van der Waals surface area (Å²) in [5.74, 6) is 1.51. The minimum atomic E-state index is -0.663. The highest BCUT2D eigenvalue weighted by molar-refractivity contribution is 5.54. The molecule has 0 heterocycles. The van der Waals surface area contributed by atoms with E-state index in [0.29, 0.717) is 29.4 Å². The lowest BCUT2D eigenvalue weighted by Gasteiger charge is -2.20. The Labute approximate surface area is 107 Å². The molecular formula is C13H21NO4. The molecule has 0 saturated heterocycles. The minimum absolute atomic E-state index is 0.0483. The van der Waals surface area contributed by atoms with Crippen molar-refractivity contribution in [1.29, 1.82) is 0 Å². The van der Waals surface area contributed by atoms with E-state index in [-0.39, 0.29) is 5.92 Å².